The first-order chi connectivity index (χ1) is 8.37. The van der Waals surface area contributed by atoms with Crippen LogP contribution in [0.4, 0.5) is 0 Å². The Morgan fingerprint density at radius 1 is 1.32 bits per heavy atom. The summed E-state index contributed by atoms with van der Waals surface area (Å²) in [5, 5.41) is 3.20. The molecular formula is C15H24IN3. The summed E-state index contributed by atoms with van der Waals surface area (Å²) in [6.07, 6.45) is 1.11. The van der Waals surface area contributed by atoms with Crippen LogP contribution in [0.2, 0.25) is 0 Å². The molecule has 2 rings (SSSR count). The minimum Gasteiger partial charge on any atom is -0.370 e. The molecule has 1 aliphatic rings. The van der Waals surface area contributed by atoms with Gasteiger partial charge in [0, 0.05) is 11.5 Å². The number of nitrogens with one attached hydrogen (secondary N) is 1. The molecular weight excluding hydrogens is 349 g/mol. The fraction of sp³-hybridized carbons (Fsp3) is 0.533. The van der Waals surface area contributed by atoms with Crippen molar-refractivity contribution >= 4 is 29.9 Å². The van der Waals surface area contributed by atoms with E-state index in [0.717, 1.165) is 6.42 Å². The van der Waals surface area contributed by atoms with Crippen LogP contribution in [0.3, 0.4) is 0 Å². The molecule has 0 radical (unpaired) electrons. The standard InChI is InChI=1S/C15H23N3.HI/c1-10-7-5-6-8-11(10)12-9-13(12)17-14(16)18-15(2,3)4;/h5-8,12-13H,9H2,1-4H3,(H3,16,17,18);1H. The lowest BCUT2D eigenvalue weighted by molar-refractivity contribution is 0.508. The Morgan fingerprint density at radius 2 is 1.95 bits per heavy atom. The molecule has 1 aromatic rings. The van der Waals surface area contributed by atoms with Gasteiger partial charge in [-0.1, -0.05) is 24.3 Å². The fourth-order valence-electron chi connectivity index (χ4n) is 2.26. The van der Waals surface area contributed by atoms with Crippen LogP contribution in [0.15, 0.2) is 29.3 Å². The molecule has 0 aliphatic heterocycles. The molecule has 1 aromatic carbocycles. The highest BCUT2D eigenvalue weighted by molar-refractivity contribution is 14.0. The number of nitrogens with two attached hydrogens (primary N) is 1. The molecule has 0 spiro atoms. The normalized spacial score (nSPS) is 22.6. The first kappa shape index (κ1) is 16.3. The van der Waals surface area contributed by atoms with E-state index in [0.29, 0.717) is 17.9 Å². The van der Waals surface area contributed by atoms with Gasteiger partial charge in [0.2, 0.25) is 0 Å². The molecule has 1 saturated carbocycles. The van der Waals surface area contributed by atoms with Gasteiger partial charge in [0.1, 0.15) is 0 Å². The number of hydrogen-bond acceptors (Lipinski definition) is 1. The molecule has 3 N–H and O–H groups in total. The monoisotopic (exact) mass is 373 g/mol. The number of rotatable bonds is 2. The number of halogens is 1. The Balaban J connectivity index is 0.00000180. The average Bonchev–Trinajstić information content (AvgIpc) is 2.94. The Bertz CT molecular complexity index is 463. The Morgan fingerprint density at radius 3 is 2.53 bits per heavy atom. The molecule has 1 fully saturated rings. The Labute approximate surface area is 133 Å². The third-order valence-corrected chi connectivity index (χ3v) is 3.15. The van der Waals surface area contributed by atoms with Gasteiger partial charge < -0.3 is 11.1 Å². The van der Waals surface area contributed by atoms with Crippen molar-refractivity contribution in [2.24, 2.45) is 10.7 Å². The molecule has 0 bridgehead atoms. The van der Waals surface area contributed by atoms with Crippen molar-refractivity contribution in [2.45, 2.75) is 51.6 Å². The van der Waals surface area contributed by atoms with Crippen molar-refractivity contribution < 1.29 is 0 Å². The first-order valence-electron chi connectivity index (χ1n) is 6.54. The van der Waals surface area contributed by atoms with Crippen molar-refractivity contribution in [3.8, 4) is 0 Å². The zero-order valence-corrected chi connectivity index (χ0v) is 14.4. The summed E-state index contributed by atoms with van der Waals surface area (Å²) in [6.45, 7) is 8.41. The summed E-state index contributed by atoms with van der Waals surface area (Å²) < 4.78 is 0. The number of aryl methyl sites for hydroxylation is 1. The highest BCUT2D eigenvalue weighted by Gasteiger charge is 2.39. The second-order valence-electron chi connectivity index (χ2n) is 6.16. The van der Waals surface area contributed by atoms with E-state index in [2.05, 4.69) is 62.3 Å². The predicted molar refractivity (Wildman–Crippen MR) is 92.3 cm³/mol. The van der Waals surface area contributed by atoms with Gasteiger partial charge >= 0.3 is 0 Å². The summed E-state index contributed by atoms with van der Waals surface area (Å²) in [7, 11) is 0. The number of hydrogen-bond donors (Lipinski definition) is 2. The summed E-state index contributed by atoms with van der Waals surface area (Å²) >= 11 is 0. The van der Waals surface area contributed by atoms with Crippen LogP contribution < -0.4 is 11.1 Å². The molecule has 106 valence electrons. The quantitative estimate of drug-likeness (QED) is 0.475. The highest BCUT2D eigenvalue weighted by atomic mass is 127. The van der Waals surface area contributed by atoms with Crippen molar-refractivity contribution in [1.82, 2.24) is 5.32 Å². The molecule has 4 heteroatoms. The van der Waals surface area contributed by atoms with Crippen LogP contribution in [-0.4, -0.2) is 17.5 Å². The minimum atomic E-state index is -0.0271. The number of nitrogens with zero attached hydrogens (tertiary/aromatic N) is 1. The Hall–Kier alpha value is -0.780. The van der Waals surface area contributed by atoms with E-state index in [1.165, 1.54) is 11.1 Å². The zero-order valence-electron chi connectivity index (χ0n) is 12.1. The lowest BCUT2D eigenvalue weighted by Crippen LogP contribution is -2.45. The summed E-state index contributed by atoms with van der Waals surface area (Å²) in [5.41, 5.74) is 8.65. The van der Waals surface area contributed by atoms with Crippen LogP contribution in [0.25, 0.3) is 0 Å². The van der Waals surface area contributed by atoms with Crippen molar-refractivity contribution in [2.75, 3.05) is 0 Å². The van der Waals surface area contributed by atoms with E-state index in [9.17, 15) is 0 Å². The number of aliphatic imine (C=N–C) groups is 1. The van der Waals surface area contributed by atoms with Crippen LogP contribution in [0.5, 0.6) is 0 Å². The topological polar surface area (TPSA) is 50.4 Å². The van der Waals surface area contributed by atoms with E-state index in [1.54, 1.807) is 0 Å². The second kappa shape index (κ2) is 6.11. The molecule has 2 atom stereocenters. The van der Waals surface area contributed by atoms with Gasteiger partial charge in [0.15, 0.2) is 5.96 Å². The lowest BCUT2D eigenvalue weighted by atomic mass is 10.0. The Kier molecular flexibility index (Phi) is 5.24. The van der Waals surface area contributed by atoms with Gasteiger partial charge in [-0.3, -0.25) is 0 Å². The highest BCUT2D eigenvalue weighted by Crippen LogP contribution is 2.44. The molecule has 19 heavy (non-hydrogen) atoms. The zero-order chi connectivity index (χ0) is 13.3. The van der Waals surface area contributed by atoms with E-state index in [-0.39, 0.29) is 29.5 Å². The number of guanidine groups is 1. The van der Waals surface area contributed by atoms with E-state index in [1.807, 2.05) is 0 Å². The van der Waals surface area contributed by atoms with Gasteiger partial charge in [-0.25, -0.2) is 4.99 Å². The smallest absolute Gasteiger partial charge is 0.189 e. The van der Waals surface area contributed by atoms with Gasteiger partial charge in [-0.05, 0) is 45.2 Å². The average molecular weight is 373 g/mol. The molecule has 0 aromatic heterocycles. The van der Waals surface area contributed by atoms with E-state index in [4.69, 9.17) is 5.73 Å². The molecule has 2 unspecified atom stereocenters. The van der Waals surface area contributed by atoms with Gasteiger partial charge in [-0.2, -0.15) is 0 Å². The fourth-order valence-corrected chi connectivity index (χ4v) is 2.26. The van der Waals surface area contributed by atoms with Crippen molar-refractivity contribution in [3.63, 3.8) is 0 Å². The summed E-state index contributed by atoms with van der Waals surface area (Å²) in [5.74, 6) is 1.11. The third-order valence-electron chi connectivity index (χ3n) is 3.15. The van der Waals surface area contributed by atoms with Gasteiger partial charge in [0.05, 0.1) is 6.04 Å². The maximum atomic E-state index is 5.92. The largest absolute Gasteiger partial charge is 0.370 e. The van der Waals surface area contributed by atoms with Crippen molar-refractivity contribution in [1.29, 1.82) is 0 Å². The van der Waals surface area contributed by atoms with Crippen LogP contribution in [0, 0.1) is 6.92 Å². The van der Waals surface area contributed by atoms with Gasteiger partial charge in [0.25, 0.3) is 0 Å². The minimum absolute atomic E-state index is 0. The SMILES string of the molecule is Cc1ccccc1C1CC1N=C(N)NC(C)(C)C.I. The van der Waals surface area contributed by atoms with E-state index >= 15 is 0 Å². The van der Waals surface area contributed by atoms with Crippen LogP contribution >= 0.6 is 24.0 Å². The summed E-state index contributed by atoms with van der Waals surface area (Å²) in [6, 6.07) is 8.88. The number of benzene rings is 1. The lowest BCUT2D eigenvalue weighted by Gasteiger charge is -2.21. The molecule has 0 heterocycles. The second-order valence-corrected chi connectivity index (χ2v) is 6.16. The third kappa shape index (κ3) is 4.67. The molecule has 3 nitrogen and oxygen atoms in total. The van der Waals surface area contributed by atoms with Crippen molar-refractivity contribution in [3.05, 3.63) is 35.4 Å². The summed E-state index contributed by atoms with van der Waals surface area (Å²) in [4.78, 5) is 4.56. The van der Waals surface area contributed by atoms with Crippen LogP contribution in [0.1, 0.15) is 44.2 Å². The maximum Gasteiger partial charge on any atom is 0.189 e. The molecule has 0 saturated heterocycles. The molecule has 1 aliphatic carbocycles. The molecule has 0 amide bonds. The van der Waals surface area contributed by atoms with Crippen LogP contribution in [-0.2, 0) is 0 Å². The van der Waals surface area contributed by atoms with E-state index < -0.39 is 0 Å². The predicted octanol–water partition coefficient (Wildman–Crippen LogP) is 3.17. The van der Waals surface area contributed by atoms with Gasteiger partial charge in [-0.15, -0.1) is 24.0 Å². The first-order valence-corrected chi connectivity index (χ1v) is 6.54. The maximum absolute atomic E-state index is 5.92.